The lowest BCUT2D eigenvalue weighted by molar-refractivity contribution is -0.136. The van der Waals surface area contributed by atoms with Gasteiger partial charge in [0, 0.05) is 17.9 Å². The fraction of sp³-hybridized carbons (Fsp3) is 0.533. The molecule has 118 valence electrons. The van der Waals surface area contributed by atoms with E-state index in [0.29, 0.717) is 19.4 Å². The molecule has 0 amide bonds. The molecule has 1 saturated heterocycles. The molecular weight excluding hydrogens is 302 g/mol. The highest BCUT2D eigenvalue weighted by Crippen LogP contribution is 2.42. The van der Waals surface area contributed by atoms with Crippen LogP contribution in [0.25, 0.3) is 10.4 Å². The van der Waals surface area contributed by atoms with Gasteiger partial charge in [-0.25, -0.2) is 0 Å². The smallest absolute Gasteiger partial charge is 0.208 e. The van der Waals surface area contributed by atoms with Crippen LogP contribution >= 0.6 is 11.8 Å². The minimum absolute atomic E-state index is 0.143. The van der Waals surface area contributed by atoms with Gasteiger partial charge in [-0.15, -0.1) is 0 Å². The van der Waals surface area contributed by atoms with Crippen LogP contribution in [0.4, 0.5) is 0 Å². The molecule has 1 aliphatic rings. The van der Waals surface area contributed by atoms with Crippen LogP contribution in [0.2, 0.25) is 0 Å². The molecule has 2 atom stereocenters. The Morgan fingerprint density at radius 3 is 2.77 bits per heavy atom. The standard InChI is InChI=1S/C15H19N3O3S/c1-4-10(2)9-15(3)13(20)12(14(21)22-15)11(19)7-5-6-8-17-18-16/h4,9,12H,1,5-8H2,2-3H3/b10-9+/t12?,15-/m1/s1. The van der Waals surface area contributed by atoms with Crippen molar-refractivity contribution in [2.75, 3.05) is 6.54 Å². The maximum absolute atomic E-state index is 12.5. The van der Waals surface area contributed by atoms with Gasteiger partial charge in [0.25, 0.3) is 0 Å². The van der Waals surface area contributed by atoms with E-state index in [0.717, 1.165) is 17.3 Å². The maximum atomic E-state index is 12.5. The van der Waals surface area contributed by atoms with E-state index >= 15 is 0 Å². The van der Waals surface area contributed by atoms with Crippen LogP contribution in [0, 0.1) is 5.92 Å². The molecule has 22 heavy (non-hydrogen) atoms. The first-order valence-corrected chi connectivity index (χ1v) is 7.80. The van der Waals surface area contributed by atoms with Crippen LogP contribution < -0.4 is 0 Å². The normalized spacial score (nSPS) is 25.0. The van der Waals surface area contributed by atoms with Crippen LogP contribution in [0.15, 0.2) is 29.4 Å². The van der Waals surface area contributed by atoms with Gasteiger partial charge in [0.1, 0.15) is 5.92 Å². The third-order valence-electron chi connectivity index (χ3n) is 3.44. The molecule has 1 rings (SSSR count). The van der Waals surface area contributed by atoms with E-state index in [-0.39, 0.29) is 23.1 Å². The van der Waals surface area contributed by atoms with E-state index in [1.54, 1.807) is 26.0 Å². The minimum atomic E-state index is -1.18. The summed E-state index contributed by atoms with van der Waals surface area (Å²) >= 11 is 0.903. The van der Waals surface area contributed by atoms with Crippen LogP contribution in [-0.4, -0.2) is 28.0 Å². The Kier molecular flexibility index (Phi) is 6.59. The molecule has 1 heterocycles. The number of Topliss-reactive ketones (excluding diaryl/α,β-unsaturated/α-hetero) is 2. The number of hydrogen-bond acceptors (Lipinski definition) is 5. The number of rotatable bonds is 8. The van der Waals surface area contributed by atoms with E-state index in [1.807, 2.05) is 0 Å². The molecule has 0 aromatic carbocycles. The zero-order chi connectivity index (χ0) is 16.8. The Morgan fingerprint density at radius 1 is 1.50 bits per heavy atom. The zero-order valence-corrected chi connectivity index (χ0v) is 13.6. The third kappa shape index (κ3) is 4.32. The zero-order valence-electron chi connectivity index (χ0n) is 12.7. The number of carbonyl (C=O) groups excluding carboxylic acids is 3. The first-order chi connectivity index (χ1) is 10.4. The highest BCUT2D eigenvalue weighted by Gasteiger charge is 2.52. The van der Waals surface area contributed by atoms with Gasteiger partial charge in [0.2, 0.25) is 5.12 Å². The van der Waals surface area contributed by atoms with E-state index in [2.05, 4.69) is 16.6 Å². The topological polar surface area (TPSA) is 100.0 Å². The number of azide groups is 1. The quantitative estimate of drug-likeness (QED) is 0.171. The van der Waals surface area contributed by atoms with E-state index in [9.17, 15) is 14.4 Å². The Balaban J connectivity index is 2.74. The van der Waals surface area contributed by atoms with E-state index < -0.39 is 10.7 Å². The molecule has 0 spiro atoms. The summed E-state index contributed by atoms with van der Waals surface area (Å²) < 4.78 is -0.999. The van der Waals surface area contributed by atoms with E-state index in [1.165, 1.54) is 0 Å². The second-order valence-corrected chi connectivity index (χ2v) is 6.75. The Labute approximate surface area is 133 Å². The molecule has 0 aliphatic carbocycles. The third-order valence-corrected chi connectivity index (χ3v) is 4.62. The number of carbonyl (C=O) groups is 3. The maximum Gasteiger partial charge on any atom is 0.208 e. The van der Waals surface area contributed by atoms with Crippen LogP contribution in [0.3, 0.4) is 0 Å². The second kappa shape index (κ2) is 7.96. The molecule has 7 heteroatoms. The average molecular weight is 321 g/mol. The first kappa shape index (κ1) is 18.2. The molecule has 6 nitrogen and oxygen atoms in total. The van der Waals surface area contributed by atoms with Crippen molar-refractivity contribution in [2.45, 2.75) is 37.9 Å². The number of allylic oxidation sites excluding steroid dienone is 2. The highest BCUT2D eigenvalue weighted by atomic mass is 32.2. The van der Waals surface area contributed by atoms with Crippen molar-refractivity contribution in [3.8, 4) is 0 Å². The van der Waals surface area contributed by atoms with Crippen LogP contribution in [0.5, 0.6) is 0 Å². The molecule has 1 unspecified atom stereocenters. The SMILES string of the molecule is C=C/C(C)=C/[C@@]1(C)SC(=O)C(C(=O)CCCCN=[N+]=[N-])C1=O. The monoisotopic (exact) mass is 321 g/mol. The number of ketones is 2. The fourth-order valence-corrected chi connectivity index (χ4v) is 3.49. The predicted octanol–water partition coefficient (Wildman–Crippen LogP) is 3.39. The number of thioether (sulfide) groups is 1. The van der Waals surface area contributed by atoms with Crippen molar-refractivity contribution in [1.29, 1.82) is 0 Å². The van der Waals surface area contributed by atoms with Gasteiger partial charge in [-0.05, 0) is 32.2 Å². The molecule has 0 radical (unpaired) electrons. The summed E-state index contributed by atoms with van der Waals surface area (Å²) in [6.45, 7) is 7.38. The molecular formula is C15H19N3O3S. The Morgan fingerprint density at radius 2 is 2.18 bits per heavy atom. The van der Waals surface area contributed by atoms with Crippen LogP contribution in [-0.2, 0) is 14.4 Å². The van der Waals surface area contributed by atoms with Crippen molar-refractivity contribution in [2.24, 2.45) is 11.0 Å². The van der Waals surface area contributed by atoms with Crippen LogP contribution in [0.1, 0.15) is 33.1 Å². The van der Waals surface area contributed by atoms with Crippen molar-refractivity contribution >= 4 is 28.4 Å². The summed E-state index contributed by atoms with van der Waals surface area (Å²) in [7, 11) is 0. The van der Waals surface area contributed by atoms with Crippen molar-refractivity contribution in [1.82, 2.24) is 0 Å². The first-order valence-electron chi connectivity index (χ1n) is 6.98. The second-order valence-electron chi connectivity index (χ2n) is 5.30. The minimum Gasteiger partial charge on any atom is -0.298 e. The Hall–Kier alpha value is -1.85. The molecule has 0 saturated carbocycles. The molecule has 0 bridgehead atoms. The lowest BCUT2D eigenvalue weighted by Crippen LogP contribution is -2.33. The summed E-state index contributed by atoms with van der Waals surface area (Å²) in [5, 5.41) is 2.99. The highest BCUT2D eigenvalue weighted by molar-refractivity contribution is 8.16. The summed E-state index contributed by atoms with van der Waals surface area (Å²) in [5.41, 5.74) is 8.94. The lowest BCUT2D eigenvalue weighted by Gasteiger charge is -2.16. The number of hydrogen-bond donors (Lipinski definition) is 0. The van der Waals surface area contributed by atoms with Gasteiger partial charge in [-0.3, -0.25) is 14.4 Å². The van der Waals surface area contributed by atoms with Crippen molar-refractivity contribution < 1.29 is 14.4 Å². The fourth-order valence-electron chi connectivity index (χ4n) is 2.25. The van der Waals surface area contributed by atoms with Gasteiger partial charge in [0.15, 0.2) is 11.6 Å². The molecule has 1 fully saturated rings. The van der Waals surface area contributed by atoms with Gasteiger partial charge in [-0.2, -0.15) is 0 Å². The average Bonchev–Trinajstić information content (AvgIpc) is 2.68. The van der Waals surface area contributed by atoms with Gasteiger partial charge >= 0.3 is 0 Å². The van der Waals surface area contributed by atoms with E-state index in [4.69, 9.17) is 5.53 Å². The lowest BCUT2D eigenvalue weighted by atomic mass is 9.88. The summed E-state index contributed by atoms with van der Waals surface area (Å²) in [6, 6.07) is 0. The summed E-state index contributed by atoms with van der Waals surface area (Å²) in [5.74, 6) is -1.89. The predicted molar refractivity (Wildman–Crippen MR) is 86.3 cm³/mol. The van der Waals surface area contributed by atoms with Gasteiger partial charge in [-0.1, -0.05) is 41.2 Å². The summed E-state index contributed by atoms with van der Waals surface area (Å²) in [4.78, 5) is 39.3. The summed E-state index contributed by atoms with van der Waals surface area (Å²) in [6.07, 6.45) is 4.49. The van der Waals surface area contributed by atoms with Crippen molar-refractivity contribution in [3.05, 3.63) is 34.7 Å². The number of nitrogens with zero attached hydrogens (tertiary/aromatic N) is 3. The molecule has 1 aliphatic heterocycles. The Bertz CT molecular complexity index is 579. The van der Waals surface area contributed by atoms with Gasteiger partial charge in [0.05, 0.1) is 4.75 Å². The van der Waals surface area contributed by atoms with Gasteiger partial charge < -0.3 is 0 Å². The molecule has 0 N–H and O–H groups in total. The molecule has 0 aromatic rings. The number of unbranched alkanes of at least 4 members (excludes halogenated alkanes) is 1. The largest absolute Gasteiger partial charge is 0.298 e. The molecule has 0 aromatic heterocycles. The van der Waals surface area contributed by atoms with Crippen molar-refractivity contribution in [3.63, 3.8) is 0 Å².